The van der Waals surface area contributed by atoms with Crippen LogP contribution in [0.1, 0.15) is 11.1 Å². The lowest BCUT2D eigenvalue weighted by Gasteiger charge is -1.95. The SMILES string of the molecule is O=C(O)/C=C/c1cccc(O)c1.O=C(O)/C=C/c1ccccc1O. The Balaban J connectivity index is 0.000000240. The van der Waals surface area contributed by atoms with Gasteiger partial charge in [0.15, 0.2) is 0 Å². The number of phenols is 2. The molecule has 0 bridgehead atoms. The minimum Gasteiger partial charge on any atom is -0.508 e. The molecule has 0 aliphatic heterocycles. The predicted molar refractivity (Wildman–Crippen MR) is 89.6 cm³/mol. The fraction of sp³-hybridized carbons (Fsp3) is 0. The number of hydrogen-bond acceptors (Lipinski definition) is 4. The van der Waals surface area contributed by atoms with Crippen LogP contribution in [0.15, 0.2) is 60.7 Å². The molecular formula is C18H16O6. The van der Waals surface area contributed by atoms with E-state index in [9.17, 15) is 14.7 Å². The van der Waals surface area contributed by atoms with Crippen molar-refractivity contribution in [2.45, 2.75) is 0 Å². The third-order valence-electron chi connectivity index (χ3n) is 2.63. The van der Waals surface area contributed by atoms with Crippen molar-refractivity contribution in [2.24, 2.45) is 0 Å². The van der Waals surface area contributed by atoms with E-state index in [0.717, 1.165) is 12.2 Å². The molecule has 0 saturated carbocycles. The average Bonchev–Trinajstić information content (AvgIpc) is 2.53. The number of carboxylic acid groups (broad SMARTS) is 2. The zero-order valence-corrected chi connectivity index (χ0v) is 12.5. The second-order valence-corrected chi connectivity index (χ2v) is 4.50. The molecule has 0 heterocycles. The Morgan fingerprint density at radius 1 is 0.792 bits per heavy atom. The van der Waals surface area contributed by atoms with Gasteiger partial charge in [-0.05, 0) is 35.9 Å². The monoisotopic (exact) mass is 328 g/mol. The normalized spacial score (nSPS) is 10.3. The van der Waals surface area contributed by atoms with E-state index < -0.39 is 11.9 Å². The third kappa shape index (κ3) is 7.46. The van der Waals surface area contributed by atoms with E-state index in [4.69, 9.17) is 15.3 Å². The summed E-state index contributed by atoms with van der Waals surface area (Å²) in [4.78, 5) is 20.2. The quantitative estimate of drug-likeness (QED) is 0.641. The van der Waals surface area contributed by atoms with Crippen molar-refractivity contribution in [3.05, 3.63) is 71.8 Å². The van der Waals surface area contributed by atoms with Crippen LogP contribution in [0.2, 0.25) is 0 Å². The van der Waals surface area contributed by atoms with Crippen LogP contribution in [0.5, 0.6) is 11.5 Å². The zero-order valence-electron chi connectivity index (χ0n) is 12.5. The van der Waals surface area contributed by atoms with Gasteiger partial charge in [-0.3, -0.25) is 0 Å². The van der Waals surface area contributed by atoms with Gasteiger partial charge in [-0.25, -0.2) is 9.59 Å². The molecule has 6 nitrogen and oxygen atoms in total. The van der Waals surface area contributed by atoms with Crippen LogP contribution in [0.3, 0.4) is 0 Å². The van der Waals surface area contributed by atoms with Gasteiger partial charge in [0, 0.05) is 17.7 Å². The summed E-state index contributed by atoms with van der Waals surface area (Å²) in [6.45, 7) is 0. The molecule has 0 saturated heterocycles. The molecule has 0 atom stereocenters. The van der Waals surface area contributed by atoms with E-state index in [1.807, 2.05) is 0 Å². The highest BCUT2D eigenvalue weighted by molar-refractivity contribution is 5.86. The second kappa shape index (κ2) is 9.47. The molecule has 0 unspecified atom stereocenters. The summed E-state index contributed by atoms with van der Waals surface area (Å²) in [5.41, 5.74) is 1.16. The molecule has 0 fully saturated rings. The smallest absolute Gasteiger partial charge is 0.328 e. The summed E-state index contributed by atoms with van der Waals surface area (Å²) < 4.78 is 0. The number of hydrogen-bond donors (Lipinski definition) is 4. The molecule has 2 aromatic rings. The van der Waals surface area contributed by atoms with Crippen LogP contribution >= 0.6 is 0 Å². The first kappa shape index (κ1) is 18.5. The lowest BCUT2D eigenvalue weighted by atomic mass is 10.2. The molecule has 124 valence electrons. The summed E-state index contributed by atoms with van der Waals surface area (Å²) in [6, 6.07) is 12.9. The van der Waals surface area contributed by atoms with Crippen molar-refractivity contribution < 1.29 is 30.0 Å². The van der Waals surface area contributed by atoms with Crippen LogP contribution in [0, 0.1) is 0 Å². The highest BCUT2D eigenvalue weighted by atomic mass is 16.4. The van der Waals surface area contributed by atoms with Crippen molar-refractivity contribution >= 4 is 24.1 Å². The van der Waals surface area contributed by atoms with Crippen LogP contribution in [-0.2, 0) is 9.59 Å². The molecule has 0 radical (unpaired) electrons. The van der Waals surface area contributed by atoms with E-state index in [1.165, 1.54) is 30.4 Å². The van der Waals surface area contributed by atoms with Crippen molar-refractivity contribution in [1.29, 1.82) is 0 Å². The van der Waals surface area contributed by atoms with Gasteiger partial charge in [-0.2, -0.15) is 0 Å². The maximum Gasteiger partial charge on any atom is 0.328 e. The number of aliphatic carboxylic acids is 2. The Bertz CT molecular complexity index is 762. The van der Waals surface area contributed by atoms with Gasteiger partial charge in [0.25, 0.3) is 0 Å². The summed E-state index contributed by atoms with van der Waals surface area (Å²) >= 11 is 0. The molecule has 24 heavy (non-hydrogen) atoms. The number of rotatable bonds is 4. The molecule has 2 rings (SSSR count). The number of carboxylic acids is 2. The topological polar surface area (TPSA) is 115 Å². The Kier molecular flexibility index (Phi) is 7.30. The Hall–Kier alpha value is -3.54. The first-order valence-corrected chi connectivity index (χ1v) is 6.77. The van der Waals surface area contributed by atoms with Crippen molar-refractivity contribution in [2.75, 3.05) is 0 Å². The predicted octanol–water partition coefficient (Wildman–Crippen LogP) is 2.98. The number of aromatic hydroxyl groups is 2. The summed E-state index contributed by atoms with van der Waals surface area (Å²) in [5, 5.41) is 34.8. The molecule has 0 amide bonds. The van der Waals surface area contributed by atoms with Crippen molar-refractivity contribution in [1.82, 2.24) is 0 Å². The van der Waals surface area contributed by atoms with E-state index in [-0.39, 0.29) is 11.5 Å². The first-order valence-electron chi connectivity index (χ1n) is 6.77. The highest BCUT2D eigenvalue weighted by Crippen LogP contribution is 2.16. The van der Waals surface area contributed by atoms with Crippen LogP contribution in [-0.4, -0.2) is 32.4 Å². The third-order valence-corrected chi connectivity index (χ3v) is 2.63. The van der Waals surface area contributed by atoms with Crippen LogP contribution in [0.4, 0.5) is 0 Å². The maximum atomic E-state index is 10.1. The van der Waals surface area contributed by atoms with Gasteiger partial charge >= 0.3 is 11.9 Å². The number of para-hydroxylation sites is 1. The molecular weight excluding hydrogens is 312 g/mol. The van der Waals surface area contributed by atoms with Crippen molar-refractivity contribution in [3.63, 3.8) is 0 Å². The fourth-order valence-corrected chi connectivity index (χ4v) is 1.59. The molecule has 4 N–H and O–H groups in total. The lowest BCUT2D eigenvalue weighted by Crippen LogP contribution is -1.85. The maximum absolute atomic E-state index is 10.1. The minimum absolute atomic E-state index is 0.0787. The summed E-state index contributed by atoms with van der Waals surface area (Å²) in [6.07, 6.45) is 4.77. The Morgan fingerprint density at radius 3 is 2.00 bits per heavy atom. The number of carbonyl (C=O) groups is 2. The number of benzene rings is 2. The first-order chi connectivity index (χ1) is 11.4. The second-order valence-electron chi connectivity index (χ2n) is 4.50. The van der Waals surface area contributed by atoms with Crippen molar-refractivity contribution in [3.8, 4) is 11.5 Å². The average molecular weight is 328 g/mol. The van der Waals surface area contributed by atoms with Crippen LogP contribution < -0.4 is 0 Å². The molecule has 0 aliphatic rings. The molecule has 2 aromatic carbocycles. The molecule has 0 spiro atoms. The lowest BCUT2D eigenvalue weighted by molar-refractivity contribution is -0.132. The minimum atomic E-state index is -1.03. The van der Waals surface area contributed by atoms with E-state index >= 15 is 0 Å². The summed E-state index contributed by atoms with van der Waals surface area (Å²) in [7, 11) is 0. The van der Waals surface area contributed by atoms with Gasteiger partial charge in [0.05, 0.1) is 0 Å². The highest BCUT2D eigenvalue weighted by Gasteiger charge is 1.94. The van der Waals surface area contributed by atoms with E-state index in [1.54, 1.807) is 30.3 Å². The van der Waals surface area contributed by atoms with Gasteiger partial charge in [-0.15, -0.1) is 0 Å². The molecule has 0 aromatic heterocycles. The molecule has 6 heteroatoms. The standard InChI is InChI=1S/2C9H8O3/c10-8-3-1-2-7(6-8)4-5-9(11)12;10-8-4-2-1-3-7(8)5-6-9(11)12/h2*1-6,10H,(H,11,12)/b5-4+;6-5+. The zero-order chi connectivity index (χ0) is 17.9. The van der Waals surface area contributed by atoms with Gasteiger partial charge in [0.2, 0.25) is 0 Å². The molecule has 0 aliphatic carbocycles. The van der Waals surface area contributed by atoms with E-state index in [0.29, 0.717) is 11.1 Å². The largest absolute Gasteiger partial charge is 0.508 e. The van der Waals surface area contributed by atoms with Gasteiger partial charge in [-0.1, -0.05) is 30.3 Å². The Labute approximate surface area is 138 Å². The fourth-order valence-electron chi connectivity index (χ4n) is 1.59. The number of phenolic OH excluding ortho intramolecular Hbond substituents is 2. The van der Waals surface area contributed by atoms with Gasteiger partial charge < -0.3 is 20.4 Å². The van der Waals surface area contributed by atoms with Gasteiger partial charge in [0.1, 0.15) is 11.5 Å². The van der Waals surface area contributed by atoms with E-state index in [2.05, 4.69) is 0 Å². The Morgan fingerprint density at radius 2 is 1.42 bits per heavy atom. The summed E-state index contributed by atoms with van der Waals surface area (Å²) in [5.74, 6) is -1.82. The van der Waals surface area contributed by atoms with Crippen LogP contribution in [0.25, 0.3) is 12.2 Å².